The van der Waals surface area contributed by atoms with Gasteiger partial charge >= 0.3 is 12.1 Å². The van der Waals surface area contributed by atoms with Crippen LogP contribution >= 0.6 is 0 Å². The number of likely N-dealkylation sites (N-methyl/N-ethyl adjacent to an activating group) is 1. The smallest absolute Gasteiger partial charge is 0.418 e. The minimum atomic E-state index is -4.78. The van der Waals surface area contributed by atoms with E-state index in [1.165, 1.54) is 28.8 Å². The van der Waals surface area contributed by atoms with Gasteiger partial charge in [0, 0.05) is 35.9 Å². The minimum absolute atomic E-state index is 0.0872. The number of benzene rings is 2. The van der Waals surface area contributed by atoms with Crippen molar-refractivity contribution >= 4 is 40.1 Å². The molecule has 0 bridgehead atoms. The molecule has 0 fully saturated rings. The topological polar surface area (TPSA) is 110 Å². The predicted octanol–water partition coefficient (Wildman–Crippen LogP) is 5.59. The van der Waals surface area contributed by atoms with E-state index in [1.807, 2.05) is 25.1 Å². The summed E-state index contributed by atoms with van der Waals surface area (Å²) in [5.74, 6) is -2.24. The number of ether oxygens (including phenoxy) is 1. The number of aromatic nitrogens is 3. The zero-order valence-corrected chi connectivity index (χ0v) is 26.8. The molecule has 13 heteroatoms. The number of esters is 1. The fraction of sp³-hybridized carbons (Fsp3) is 0.364. The van der Waals surface area contributed by atoms with E-state index < -0.39 is 41.5 Å². The fourth-order valence-electron chi connectivity index (χ4n) is 4.89. The van der Waals surface area contributed by atoms with Crippen LogP contribution in [0.15, 0.2) is 54.7 Å². The normalized spacial score (nSPS) is 12.0. The van der Waals surface area contributed by atoms with Gasteiger partial charge in [0.1, 0.15) is 18.0 Å². The Bertz CT molecular complexity index is 1740. The van der Waals surface area contributed by atoms with E-state index in [4.69, 9.17) is 4.74 Å². The first-order chi connectivity index (χ1) is 21.4. The Morgan fingerprint density at radius 3 is 2.17 bits per heavy atom. The average molecular weight is 639 g/mol. The second-order valence-electron chi connectivity index (χ2n) is 12.3. The van der Waals surface area contributed by atoms with Gasteiger partial charge in [0.2, 0.25) is 0 Å². The standard InChI is InChI=1S/C33H37F3N6O4/c1-20-14-21(2)16-22(15-20)30(44)31(45)41(19-29(43)46-32(3,4)5)23-8-9-26-24(17-23)25(33(34,35)36)18-42(26)28-11-10-27(38-39-28)37-12-13-40(6)7/h8-11,14-18H,12-13,19H2,1-7H3,(H,37,38). The second kappa shape index (κ2) is 13.3. The van der Waals surface area contributed by atoms with Crippen LogP contribution < -0.4 is 10.2 Å². The van der Waals surface area contributed by atoms with Crippen LogP contribution in [0, 0.1) is 13.8 Å². The van der Waals surface area contributed by atoms with Crippen molar-refractivity contribution in [3.8, 4) is 5.82 Å². The van der Waals surface area contributed by atoms with Crippen molar-refractivity contribution in [3.63, 3.8) is 0 Å². The molecule has 0 unspecified atom stereocenters. The summed E-state index contributed by atoms with van der Waals surface area (Å²) in [6, 6.07) is 11.9. The van der Waals surface area contributed by atoms with Crippen molar-refractivity contribution in [2.24, 2.45) is 0 Å². The Balaban J connectivity index is 1.78. The van der Waals surface area contributed by atoms with Gasteiger partial charge < -0.3 is 15.0 Å². The number of Topliss-reactive ketones (excluding diaryl/α,β-unsaturated/α-hetero) is 1. The SMILES string of the molecule is Cc1cc(C)cc(C(=O)C(=O)N(CC(=O)OC(C)(C)C)c2ccc3c(c2)c(C(F)(F)F)cn3-c2ccc(NCCN(C)C)nn2)c1. The Morgan fingerprint density at radius 2 is 1.61 bits per heavy atom. The quantitative estimate of drug-likeness (QED) is 0.136. The summed E-state index contributed by atoms with van der Waals surface area (Å²) in [4.78, 5) is 42.8. The number of amides is 1. The van der Waals surface area contributed by atoms with Gasteiger partial charge in [-0.25, -0.2) is 0 Å². The van der Waals surface area contributed by atoms with Gasteiger partial charge in [0.05, 0.1) is 11.1 Å². The molecule has 2 aromatic carbocycles. The van der Waals surface area contributed by atoms with Gasteiger partial charge in [0.25, 0.3) is 11.7 Å². The second-order valence-corrected chi connectivity index (χ2v) is 12.3. The highest BCUT2D eigenvalue weighted by Gasteiger charge is 2.36. The minimum Gasteiger partial charge on any atom is -0.459 e. The van der Waals surface area contributed by atoms with Crippen LogP contribution in [0.25, 0.3) is 16.7 Å². The summed E-state index contributed by atoms with van der Waals surface area (Å²) < 4.78 is 49.7. The fourth-order valence-corrected chi connectivity index (χ4v) is 4.89. The number of nitrogens with one attached hydrogen (secondary N) is 1. The van der Waals surface area contributed by atoms with E-state index in [1.54, 1.807) is 46.8 Å². The molecule has 0 aliphatic rings. The van der Waals surface area contributed by atoms with E-state index in [-0.39, 0.29) is 28.0 Å². The lowest BCUT2D eigenvalue weighted by Crippen LogP contribution is -2.42. The molecule has 1 amide bonds. The highest BCUT2D eigenvalue weighted by Crippen LogP contribution is 2.39. The van der Waals surface area contributed by atoms with Crippen molar-refractivity contribution in [3.05, 3.63) is 77.0 Å². The number of ketones is 1. The molecule has 2 aromatic heterocycles. The highest BCUT2D eigenvalue weighted by atomic mass is 19.4. The molecule has 0 radical (unpaired) electrons. The van der Waals surface area contributed by atoms with Gasteiger partial charge in [-0.05, 0) is 91.2 Å². The number of carbonyl (C=O) groups is 3. The lowest BCUT2D eigenvalue weighted by atomic mass is 10.0. The van der Waals surface area contributed by atoms with E-state index in [9.17, 15) is 27.6 Å². The molecule has 0 saturated carbocycles. The number of alkyl halides is 3. The van der Waals surface area contributed by atoms with Gasteiger partial charge in [0.15, 0.2) is 5.82 Å². The number of hydrogen-bond donors (Lipinski definition) is 1. The maximum atomic E-state index is 14.4. The van der Waals surface area contributed by atoms with Crippen molar-refractivity contribution in [1.82, 2.24) is 19.7 Å². The van der Waals surface area contributed by atoms with E-state index in [2.05, 4.69) is 15.5 Å². The third-order valence-corrected chi connectivity index (χ3v) is 6.80. The number of halogens is 3. The van der Waals surface area contributed by atoms with Crippen molar-refractivity contribution in [2.75, 3.05) is 43.9 Å². The van der Waals surface area contributed by atoms with E-state index >= 15 is 0 Å². The molecule has 4 aromatic rings. The lowest BCUT2D eigenvalue weighted by Gasteiger charge is -2.25. The molecule has 244 valence electrons. The summed E-state index contributed by atoms with van der Waals surface area (Å²) in [5, 5.41) is 11.1. The van der Waals surface area contributed by atoms with E-state index in [0.717, 1.165) is 34.8 Å². The van der Waals surface area contributed by atoms with Crippen LogP contribution in [0.5, 0.6) is 0 Å². The van der Waals surface area contributed by atoms with Gasteiger partial charge in [-0.1, -0.05) is 17.2 Å². The Morgan fingerprint density at radius 1 is 0.935 bits per heavy atom. The summed E-state index contributed by atoms with van der Waals surface area (Å²) in [7, 11) is 3.85. The van der Waals surface area contributed by atoms with Gasteiger partial charge in [-0.2, -0.15) is 13.2 Å². The van der Waals surface area contributed by atoms with E-state index in [0.29, 0.717) is 12.4 Å². The summed E-state index contributed by atoms with van der Waals surface area (Å²) >= 11 is 0. The lowest BCUT2D eigenvalue weighted by molar-refractivity contribution is -0.153. The molecule has 2 heterocycles. The first-order valence-electron chi connectivity index (χ1n) is 14.5. The molecule has 1 N–H and O–H groups in total. The first-order valence-corrected chi connectivity index (χ1v) is 14.5. The summed E-state index contributed by atoms with van der Waals surface area (Å²) in [5.41, 5.74) is -0.282. The maximum absolute atomic E-state index is 14.4. The molecule has 0 aliphatic heterocycles. The number of rotatable bonds is 10. The summed E-state index contributed by atoms with van der Waals surface area (Å²) in [6.07, 6.45) is -3.88. The van der Waals surface area contributed by atoms with Crippen molar-refractivity contribution in [1.29, 1.82) is 0 Å². The third kappa shape index (κ3) is 8.27. The summed E-state index contributed by atoms with van der Waals surface area (Å²) in [6.45, 7) is 9.08. The monoisotopic (exact) mass is 638 g/mol. The zero-order chi connectivity index (χ0) is 34.0. The number of anilines is 2. The largest absolute Gasteiger partial charge is 0.459 e. The number of carbonyl (C=O) groups excluding carboxylic acids is 3. The molecule has 0 saturated heterocycles. The Labute approximate surface area is 265 Å². The van der Waals surface area contributed by atoms with Crippen molar-refractivity contribution < 1.29 is 32.3 Å². The molecule has 0 aliphatic carbocycles. The molecular weight excluding hydrogens is 601 g/mol. The van der Waals surface area contributed by atoms with Gasteiger partial charge in [-0.3, -0.25) is 23.9 Å². The Kier molecular flexibility index (Phi) is 9.85. The number of aryl methyl sites for hydroxylation is 2. The first kappa shape index (κ1) is 34.1. The van der Waals surface area contributed by atoms with Crippen LogP contribution in [0.3, 0.4) is 0 Å². The molecule has 10 nitrogen and oxygen atoms in total. The maximum Gasteiger partial charge on any atom is 0.418 e. The van der Waals surface area contributed by atoms with Gasteiger partial charge in [-0.15, -0.1) is 10.2 Å². The molecular formula is C33H37F3N6O4. The third-order valence-electron chi connectivity index (χ3n) is 6.80. The number of hydrogen-bond acceptors (Lipinski definition) is 8. The van der Waals surface area contributed by atoms with Crippen LogP contribution in [-0.2, 0) is 20.5 Å². The molecule has 0 spiro atoms. The molecule has 0 atom stereocenters. The van der Waals surface area contributed by atoms with Crippen LogP contribution in [0.1, 0.15) is 47.8 Å². The predicted molar refractivity (Wildman–Crippen MR) is 169 cm³/mol. The zero-order valence-electron chi connectivity index (χ0n) is 26.8. The van der Waals surface area contributed by atoms with Crippen LogP contribution in [0.4, 0.5) is 24.7 Å². The number of fused-ring (bicyclic) bond motifs is 1. The van der Waals surface area contributed by atoms with Crippen LogP contribution in [-0.4, -0.2) is 76.7 Å². The molecule has 46 heavy (non-hydrogen) atoms. The van der Waals surface area contributed by atoms with Crippen molar-refractivity contribution in [2.45, 2.75) is 46.4 Å². The van der Waals surface area contributed by atoms with Crippen LogP contribution in [0.2, 0.25) is 0 Å². The number of nitrogens with zero attached hydrogens (tertiary/aromatic N) is 5. The Hall–Kier alpha value is -4.78. The highest BCUT2D eigenvalue weighted by molar-refractivity contribution is 6.47. The average Bonchev–Trinajstić information content (AvgIpc) is 3.33. The molecule has 4 rings (SSSR count).